The smallest absolute Gasteiger partial charge is 0.277 e. The number of hydrogen-bond donors (Lipinski definition) is 0. The van der Waals surface area contributed by atoms with Crippen LogP contribution in [-0.2, 0) is 0 Å². The highest BCUT2D eigenvalue weighted by Gasteiger charge is 2.24. The Morgan fingerprint density at radius 3 is 2.35 bits per heavy atom. The summed E-state index contributed by atoms with van der Waals surface area (Å²) in [6, 6.07) is 8.26. The third-order valence-corrected chi connectivity index (χ3v) is 4.42. The predicted molar refractivity (Wildman–Crippen MR) is 117 cm³/mol. The van der Waals surface area contributed by atoms with Crippen LogP contribution in [0.15, 0.2) is 67.4 Å². The summed E-state index contributed by atoms with van der Waals surface area (Å²) in [5, 5.41) is 22.8. The van der Waals surface area contributed by atoms with Crippen molar-refractivity contribution in [2.45, 2.75) is 0 Å². The van der Waals surface area contributed by atoms with Crippen molar-refractivity contribution >= 4 is 11.3 Å². The van der Waals surface area contributed by atoms with Crippen molar-refractivity contribution in [3.63, 3.8) is 0 Å². The van der Waals surface area contributed by atoms with E-state index in [2.05, 4.69) is 13.2 Å². The molecular weight excluding hydrogens is 405 g/mol. The summed E-state index contributed by atoms with van der Waals surface area (Å²) in [7, 11) is 3.68. The van der Waals surface area contributed by atoms with E-state index in [4.69, 9.17) is 4.74 Å². The van der Waals surface area contributed by atoms with E-state index >= 15 is 4.39 Å². The van der Waals surface area contributed by atoms with Crippen molar-refractivity contribution in [2.75, 3.05) is 27.2 Å². The maximum atomic E-state index is 15.1. The molecule has 2 aromatic rings. The second-order valence-corrected chi connectivity index (χ2v) is 6.72. The Morgan fingerprint density at radius 2 is 1.81 bits per heavy atom. The van der Waals surface area contributed by atoms with Gasteiger partial charge in [0.05, 0.1) is 21.0 Å². The molecule has 0 atom stereocenters. The van der Waals surface area contributed by atoms with E-state index < -0.39 is 21.4 Å². The Kier molecular flexibility index (Phi) is 7.75. The molecule has 2 rings (SSSR count). The van der Waals surface area contributed by atoms with Gasteiger partial charge in [-0.2, -0.15) is 0 Å². The van der Waals surface area contributed by atoms with Gasteiger partial charge in [0.1, 0.15) is 18.2 Å². The standard InChI is InChI=1S/C22H22FN3O5/c1-5-15(20(6-2)25(27)28)17-14-22(31-12-11-24(3)4)18(13-19(17)23)16-9-7-8-10-21(16)26(29)30/h5-10,13-14H,1-2,11-12H2,3-4H3/b20-15-. The van der Waals surface area contributed by atoms with E-state index in [1.807, 2.05) is 19.0 Å². The average molecular weight is 427 g/mol. The minimum Gasteiger partial charge on any atom is -0.492 e. The third-order valence-electron chi connectivity index (χ3n) is 4.42. The lowest BCUT2D eigenvalue weighted by atomic mass is 9.96. The zero-order valence-electron chi connectivity index (χ0n) is 17.2. The minimum absolute atomic E-state index is 0.0796. The molecule has 0 heterocycles. The Bertz CT molecular complexity index is 1060. The first-order chi connectivity index (χ1) is 14.7. The number of rotatable bonds is 10. The Labute approximate surface area is 178 Å². The van der Waals surface area contributed by atoms with Crippen LogP contribution >= 0.6 is 0 Å². The number of nitro groups is 2. The molecule has 9 heteroatoms. The number of benzene rings is 2. The highest BCUT2D eigenvalue weighted by Crippen LogP contribution is 2.39. The lowest BCUT2D eigenvalue weighted by Crippen LogP contribution is -2.19. The van der Waals surface area contributed by atoms with Gasteiger partial charge in [0.15, 0.2) is 0 Å². The molecule has 0 bridgehead atoms. The normalized spacial score (nSPS) is 11.6. The molecule has 0 unspecified atom stereocenters. The first-order valence-corrected chi connectivity index (χ1v) is 9.20. The summed E-state index contributed by atoms with van der Waals surface area (Å²) in [4.78, 5) is 23.4. The van der Waals surface area contributed by atoms with E-state index in [0.29, 0.717) is 6.54 Å². The molecule has 0 amide bonds. The fourth-order valence-electron chi connectivity index (χ4n) is 2.92. The van der Waals surface area contributed by atoms with Crippen LogP contribution in [0.4, 0.5) is 10.1 Å². The highest BCUT2D eigenvalue weighted by molar-refractivity contribution is 5.83. The largest absolute Gasteiger partial charge is 0.492 e. The Balaban J connectivity index is 2.77. The van der Waals surface area contributed by atoms with Crippen molar-refractivity contribution in [1.29, 1.82) is 0 Å². The van der Waals surface area contributed by atoms with Gasteiger partial charge in [0.25, 0.3) is 11.4 Å². The molecule has 0 saturated carbocycles. The van der Waals surface area contributed by atoms with E-state index in [1.165, 1.54) is 24.3 Å². The van der Waals surface area contributed by atoms with E-state index in [-0.39, 0.29) is 40.3 Å². The van der Waals surface area contributed by atoms with Crippen molar-refractivity contribution < 1.29 is 19.0 Å². The molecule has 0 aliphatic rings. The predicted octanol–water partition coefficient (Wildman–Crippen LogP) is 4.70. The monoisotopic (exact) mass is 427 g/mol. The molecular formula is C22H22FN3O5. The molecule has 0 saturated heterocycles. The Hall–Kier alpha value is -3.85. The maximum Gasteiger partial charge on any atom is 0.277 e. The number of likely N-dealkylation sites (N-methyl/N-ethyl adjacent to an activating group) is 1. The molecule has 0 aliphatic carbocycles. The molecule has 2 aromatic carbocycles. The molecule has 0 fully saturated rings. The zero-order valence-corrected chi connectivity index (χ0v) is 17.2. The van der Waals surface area contributed by atoms with Crippen LogP contribution in [0.3, 0.4) is 0 Å². The molecule has 0 aromatic heterocycles. The first kappa shape index (κ1) is 23.4. The summed E-state index contributed by atoms with van der Waals surface area (Å²) >= 11 is 0. The Morgan fingerprint density at radius 1 is 1.13 bits per heavy atom. The molecule has 162 valence electrons. The first-order valence-electron chi connectivity index (χ1n) is 9.20. The van der Waals surface area contributed by atoms with Gasteiger partial charge in [0.2, 0.25) is 0 Å². The second-order valence-electron chi connectivity index (χ2n) is 6.72. The highest BCUT2D eigenvalue weighted by atomic mass is 19.1. The maximum absolute atomic E-state index is 15.1. The third kappa shape index (κ3) is 5.40. The lowest BCUT2D eigenvalue weighted by molar-refractivity contribution is -0.417. The van der Waals surface area contributed by atoms with Gasteiger partial charge >= 0.3 is 0 Å². The number of allylic oxidation sites excluding steroid dienone is 3. The minimum atomic E-state index is -0.816. The summed E-state index contributed by atoms with van der Waals surface area (Å²) in [6.07, 6.45) is 2.16. The van der Waals surface area contributed by atoms with Crippen LogP contribution < -0.4 is 4.74 Å². The number of halogens is 1. The summed E-state index contributed by atoms with van der Waals surface area (Å²) in [6.45, 7) is 7.70. The quantitative estimate of drug-likeness (QED) is 0.310. The molecule has 0 radical (unpaired) electrons. The molecule has 0 spiro atoms. The average Bonchev–Trinajstić information content (AvgIpc) is 2.72. The van der Waals surface area contributed by atoms with Crippen LogP contribution in [0.1, 0.15) is 5.56 Å². The van der Waals surface area contributed by atoms with Gasteiger partial charge < -0.3 is 9.64 Å². The van der Waals surface area contributed by atoms with E-state index in [1.54, 1.807) is 6.07 Å². The van der Waals surface area contributed by atoms with Crippen LogP contribution in [0.5, 0.6) is 5.75 Å². The van der Waals surface area contributed by atoms with Gasteiger partial charge in [-0.05, 0) is 32.3 Å². The van der Waals surface area contributed by atoms with Gasteiger partial charge in [0, 0.05) is 29.8 Å². The summed E-state index contributed by atoms with van der Waals surface area (Å²) in [5.41, 5.74) is -0.514. The van der Waals surface area contributed by atoms with Crippen LogP contribution in [0.2, 0.25) is 0 Å². The number of nitrogens with zero attached hydrogens (tertiary/aromatic N) is 3. The van der Waals surface area contributed by atoms with Crippen molar-refractivity contribution in [2.24, 2.45) is 0 Å². The summed E-state index contributed by atoms with van der Waals surface area (Å²) < 4.78 is 20.9. The topological polar surface area (TPSA) is 98.8 Å². The number of nitro benzene ring substituents is 1. The van der Waals surface area contributed by atoms with Gasteiger partial charge in [-0.3, -0.25) is 20.2 Å². The molecule has 8 nitrogen and oxygen atoms in total. The van der Waals surface area contributed by atoms with Crippen molar-refractivity contribution in [1.82, 2.24) is 4.90 Å². The van der Waals surface area contributed by atoms with Gasteiger partial charge in [-0.25, -0.2) is 4.39 Å². The van der Waals surface area contributed by atoms with Crippen LogP contribution in [-0.4, -0.2) is 42.0 Å². The van der Waals surface area contributed by atoms with E-state index in [9.17, 15) is 20.2 Å². The van der Waals surface area contributed by atoms with E-state index in [0.717, 1.165) is 18.2 Å². The lowest BCUT2D eigenvalue weighted by Gasteiger charge is -2.16. The molecule has 0 N–H and O–H groups in total. The molecule has 31 heavy (non-hydrogen) atoms. The number of hydrogen-bond acceptors (Lipinski definition) is 6. The SMILES string of the molecule is C=C/C(=C(\C=C)[N+](=O)[O-])c1cc(OCCN(C)C)c(-c2ccccc2[N+](=O)[O-])cc1F. The van der Waals surface area contributed by atoms with Crippen LogP contribution in [0.25, 0.3) is 16.7 Å². The second kappa shape index (κ2) is 10.3. The fourth-order valence-corrected chi connectivity index (χ4v) is 2.92. The summed E-state index contributed by atoms with van der Waals surface area (Å²) in [5.74, 6) is -0.664. The fraction of sp³-hybridized carbons (Fsp3) is 0.182. The van der Waals surface area contributed by atoms with Gasteiger partial charge in [-0.15, -0.1) is 0 Å². The van der Waals surface area contributed by atoms with Crippen molar-refractivity contribution in [3.8, 4) is 16.9 Å². The van der Waals surface area contributed by atoms with Crippen molar-refractivity contribution in [3.05, 3.63) is 99.0 Å². The number of ether oxygens (including phenoxy) is 1. The number of para-hydroxylation sites is 1. The molecule has 0 aliphatic heterocycles. The van der Waals surface area contributed by atoms with Crippen LogP contribution in [0, 0.1) is 26.0 Å². The van der Waals surface area contributed by atoms with Gasteiger partial charge in [-0.1, -0.05) is 31.4 Å². The zero-order chi connectivity index (χ0) is 23.1.